The minimum absolute atomic E-state index is 0.194. The van der Waals surface area contributed by atoms with Gasteiger partial charge in [-0.05, 0) is 55.8 Å². The second-order valence-electron chi connectivity index (χ2n) is 16.0. The van der Waals surface area contributed by atoms with E-state index in [1.165, 1.54) is 20.8 Å². The molecule has 8 fully saturated rings. The van der Waals surface area contributed by atoms with Gasteiger partial charge in [-0.3, -0.25) is 14.4 Å². The number of aliphatic carboxylic acids is 1. The summed E-state index contributed by atoms with van der Waals surface area (Å²) in [6, 6.07) is 0. The van der Waals surface area contributed by atoms with E-state index in [9.17, 15) is 34.5 Å². The first-order valence-electron chi connectivity index (χ1n) is 16.0. The number of epoxide rings is 2. The van der Waals surface area contributed by atoms with Crippen molar-refractivity contribution in [3.63, 3.8) is 0 Å². The molecule has 3 aliphatic heterocycles. The molecule has 8 rings (SSSR count). The standard InChI is InChI=1S/C32H42O12/c1-11(33)40-18-8-14-19(23-25(44-23)32(39)10-17-22(42-17)24(30(14,32)5)41-12(2)34)13-7-15-21(29(13,18)4)20(26(35)36)16-9-28(15,3)31(6,38)27(37)43-16/h13-25,38-39H,7-10H2,1-6H3,(H,35,36). The lowest BCUT2D eigenvalue weighted by atomic mass is 9.41. The average Bonchev–Trinajstić information content (AvgIpc) is 3.82. The number of rotatable bonds is 3. The zero-order chi connectivity index (χ0) is 31.7. The SMILES string of the molecule is CC(=O)OC1CC2C(C3OC3C3(O)CC4OC4C(OC(C)=O)C23C)C2CC3C(C(C(=O)O)C4CC3(C)C(C)(O)C(=O)O4)C12C. The summed E-state index contributed by atoms with van der Waals surface area (Å²) in [4.78, 5) is 51.3. The highest BCUT2D eigenvalue weighted by molar-refractivity contribution is 5.83. The molecule has 0 aromatic carbocycles. The van der Waals surface area contributed by atoms with Crippen LogP contribution in [-0.4, -0.2) is 93.1 Å². The number of carboxylic acid groups (broad SMARTS) is 1. The zero-order valence-electron chi connectivity index (χ0n) is 25.8. The molecule has 0 amide bonds. The molecule has 0 spiro atoms. The van der Waals surface area contributed by atoms with Gasteiger partial charge >= 0.3 is 23.9 Å². The largest absolute Gasteiger partial charge is 0.481 e. The van der Waals surface area contributed by atoms with Crippen LogP contribution >= 0.6 is 0 Å². The number of fused-ring (bicyclic) bond motifs is 14. The van der Waals surface area contributed by atoms with Crippen molar-refractivity contribution in [3.05, 3.63) is 0 Å². The summed E-state index contributed by atoms with van der Waals surface area (Å²) >= 11 is 0. The number of carbonyl (C=O) groups is 4. The van der Waals surface area contributed by atoms with Crippen molar-refractivity contribution in [3.8, 4) is 0 Å². The second-order valence-corrected chi connectivity index (χ2v) is 16.0. The number of hydrogen-bond acceptors (Lipinski definition) is 11. The van der Waals surface area contributed by atoms with Gasteiger partial charge in [0.2, 0.25) is 0 Å². The van der Waals surface area contributed by atoms with Crippen molar-refractivity contribution in [2.75, 3.05) is 0 Å². The third-order valence-corrected chi connectivity index (χ3v) is 14.5. The van der Waals surface area contributed by atoms with Crippen LogP contribution in [0.3, 0.4) is 0 Å². The zero-order valence-corrected chi connectivity index (χ0v) is 25.8. The first-order valence-corrected chi connectivity index (χ1v) is 16.0. The van der Waals surface area contributed by atoms with E-state index >= 15 is 0 Å². The summed E-state index contributed by atoms with van der Waals surface area (Å²) in [5, 5.41) is 34.8. The third-order valence-electron chi connectivity index (χ3n) is 14.5. The van der Waals surface area contributed by atoms with Gasteiger partial charge in [-0.2, -0.15) is 0 Å². The van der Waals surface area contributed by atoms with E-state index in [1.807, 2.05) is 20.8 Å². The van der Waals surface area contributed by atoms with Crippen LogP contribution in [0.1, 0.15) is 67.2 Å². The summed E-state index contributed by atoms with van der Waals surface area (Å²) in [5.74, 6) is -5.73. The Bertz CT molecular complexity index is 1380. The Kier molecular flexibility index (Phi) is 5.53. The van der Waals surface area contributed by atoms with Gasteiger partial charge in [0.25, 0.3) is 0 Å². The van der Waals surface area contributed by atoms with Gasteiger partial charge in [-0.25, -0.2) is 4.79 Å². The molecule has 18 unspecified atom stereocenters. The summed E-state index contributed by atoms with van der Waals surface area (Å²) < 4.78 is 30.1. The van der Waals surface area contributed by atoms with Crippen molar-refractivity contribution in [2.24, 2.45) is 51.8 Å². The number of ether oxygens (including phenoxy) is 5. The molecule has 242 valence electrons. The maximum Gasteiger partial charge on any atom is 0.338 e. The number of aliphatic hydroxyl groups is 2. The van der Waals surface area contributed by atoms with E-state index in [1.54, 1.807) is 0 Å². The predicted octanol–water partition coefficient (Wildman–Crippen LogP) is 1.22. The van der Waals surface area contributed by atoms with E-state index in [4.69, 9.17) is 23.7 Å². The lowest BCUT2D eigenvalue weighted by Crippen LogP contribution is -2.73. The maximum atomic E-state index is 13.1. The highest BCUT2D eigenvalue weighted by Gasteiger charge is 2.85. The number of hydrogen-bond donors (Lipinski definition) is 3. The molecule has 0 radical (unpaired) electrons. The van der Waals surface area contributed by atoms with Crippen LogP contribution in [0.2, 0.25) is 0 Å². The highest BCUT2D eigenvalue weighted by Crippen LogP contribution is 2.78. The minimum atomic E-state index is -1.85. The Morgan fingerprint density at radius 2 is 1.55 bits per heavy atom. The maximum absolute atomic E-state index is 13.1. The van der Waals surface area contributed by atoms with Crippen molar-refractivity contribution < 1.29 is 58.2 Å². The molecule has 3 heterocycles. The Balaban J connectivity index is 1.30. The Labute approximate surface area is 255 Å². The quantitative estimate of drug-likeness (QED) is 0.234. The van der Waals surface area contributed by atoms with Gasteiger partial charge in [0.1, 0.15) is 36.1 Å². The van der Waals surface area contributed by atoms with Crippen molar-refractivity contribution in [1.82, 2.24) is 0 Å². The van der Waals surface area contributed by atoms with Crippen molar-refractivity contribution >= 4 is 23.9 Å². The summed E-state index contributed by atoms with van der Waals surface area (Å²) in [6.45, 7) is 9.92. The fourth-order valence-corrected chi connectivity index (χ4v) is 12.3. The van der Waals surface area contributed by atoms with Gasteiger partial charge < -0.3 is 39.0 Å². The van der Waals surface area contributed by atoms with Gasteiger partial charge in [0.05, 0.1) is 18.1 Å². The molecule has 3 saturated heterocycles. The Morgan fingerprint density at radius 3 is 2.18 bits per heavy atom. The summed E-state index contributed by atoms with van der Waals surface area (Å²) in [6.07, 6.45) is -2.59. The van der Waals surface area contributed by atoms with E-state index in [2.05, 4.69) is 0 Å². The molecule has 18 atom stereocenters. The monoisotopic (exact) mass is 618 g/mol. The molecular weight excluding hydrogens is 576 g/mol. The van der Waals surface area contributed by atoms with Crippen LogP contribution in [0.5, 0.6) is 0 Å². The molecule has 5 saturated carbocycles. The molecule has 3 N–H and O–H groups in total. The molecule has 5 aliphatic carbocycles. The molecule has 44 heavy (non-hydrogen) atoms. The minimum Gasteiger partial charge on any atom is -0.481 e. The summed E-state index contributed by atoms with van der Waals surface area (Å²) in [5.41, 5.74) is -6.10. The summed E-state index contributed by atoms with van der Waals surface area (Å²) in [7, 11) is 0. The smallest absolute Gasteiger partial charge is 0.338 e. The van der Waals surface area contributed by atoms with Crippen LogP contribution < -0.4 is 0 Å². The fraction of sp³-hybridized carbons (Fsp3) is 0.875. The highest BCUT2D eigenvalue weighted by atomic mass is 16.6. The molecule has 0 aromatic rings. The van der Waals surface area contributed by atoms with Crippen LogP contribution in [0, 0.1) is 51.8 Å². The van der Waals surface area contributed by atoms with Crippen LogP contribution in [0.25, 0.3) is 0 Å². The Hall–Kier alpha value is -2.28. The molecule has 12 heteroatoms. The lowest BCUT2D eigenvalue weighted by molar-refractivity contribution is -0.261. The van der Waals surface area contributed by atoms with Gasteiger partial charge in [-0.15, -0.1) is 0 Å². The first-order chi connectivity index (χ1) is 20.4. The second kappa shape index (κ2) is 8.35. The average molecular weight is 619 g/mol. The van der Waals surface area contributed by atoms with Crippen LogP contribution in [-0.2, 0) is 42.9 Å². The topological polar surface area (TPSA) is 182 Å². The number of carboxylic acids is 1. The number of carbonyl (C=O) groups excluding carboxylic acids is 3. The van der Waals surface area contributed by atoms with Gasteiger partial charge in [0, 0.05) is 36.5 Å². The molecule has 8 aliphatic rings. The van der Waals surface area contributed by atoms with E-state index in [0.717, 1.165) is 0 Å². The lowest BCUT2D eigenvalue weighted by Gasteiger charge is -2.64. The van der Waals surface area contributed by atoms with E-state index in [-0.39, 0.29) is 42.5 Å². The molecule has 2 bridgehead atoms. The fourth-order valence-electron chi connectivity index (χ4n) is 12.3. The van der Waals surface area contributed by atoms with Crippen LogP contribution in [0.15, 0.2) is 0 Å². The third kappa shape index (κ3) is 3.14. The normalized spacial score (nSPS) is 60.5. The molecular formula is C32H42O12. The predicted molar refractivity (Wildman–Crippen MR) is 145 cm³/mol. The van der Waals surface area contributed by atoms with Crippen molar-refractivity contribution in [1.29, 1.82) is 0 Å². The van der Waals surface area contributed by atoms with E-state index < -0.39 is 93.5 Å². The van der Waals surface area contributed by atoms with E-state index in [0.29, 0.717) is 19.3 Å². The van der Waals surface area contributed by atoms with Gasteiger partial charge in [-0.1, -0.05) is 20.8 Å². The first kappa shape index (κ1) is 29.1. The van der Waals surface area contributed by atoms with Crippen molar-refractivity contribution in [2.45, 2.75) is 121 Å². The molecule has 0 aromatic heterocycles. The molecule has 12 nitrogen and oxygen atoms in total. The van der Waals surface area contributed by atoms with Crippen LogP contribution in [0.4, 0.5) is 0 Å². The van der Waals surface area contributed by atoms with Gasteiger partial charge in [0.15, 0.2) is 5.60 Å². The number of esters is 3. The Morgan fingerprint density at radius 1 is 0.864 bits per heavy atom.